The minimum atomic E-state index is -0.289. The van der Waals surface area contributed by atoms with E-state index in [1.807, 2.05) is 24.3 Å². The van der Waals surface area contributed by atoms with Gasteiger partial charge < -0.3 is 10.1 Å². The Bertz CT molecular complexity index is 851. The molecule has 122 valence electrons. The monoisotopic (exact) mass is 361 g/mol. The lowest BCUT2D eigenvalue weighted by atomic mass is 10.1. The molecule has 0 aliphatic heterocycles. The van der Waals surface area contributed by atoms with Crippen LogP contribution in [0.3, 0.4) is 0 Å². The van der Waals surface area contributed by atoms with Crippen LogP contribution in [0.25, 0.3) is 11.3 Å². The van der Waals surface area contributed by atoms with Crippen molar-refractivity contribution in [3.05, 3.63) is 64.8 Å². The van der Waals surface area contributed by atoms with Crippen molar-refractivity contribution in [1.82, 2.24) is 10.2 Å². The van der Waals surface area contributed by atoms with Crippen LogP contribution in [0.4, 0.5) is 5.69 Å². The molecule has 5 nitrogen and oxygen atoms in total. The molecule has 0 aliphatic carbocycles. The molecule has 0 saturated heterocycles. The summed E-state index contributed by atoms with van der Waals surface area (Å²) in [5.74, 6) is 0.116. The van der Waals surface area contributed by atoms with E-state index in [1.165, 1.54) is 0 Å². The molecule has 2 N–H and O–H groups in total. The first-order valence-corrected chi connectivity index (χ1v) is 7.85. The van der Waals surface area contributed by atoms with Crippen molar-refractivity contribution in [1.29, 1.82) is 0 Å². The molecule has 0 saturated carbocycles. The SMILES string of the molecule is O=C(COc1ccc(Cl)cc1Cl)Nc1cccc(-c2ccn[nH]2)c1. The number of anilines is 1. The summed E-state index contributed by atoms with van der Waals surface area (Å²) in [5, 5.41) is 10.4. The lowest BCUT2D eigenvalue weighted by Gasteiger charge is -2.09. The van der Waals surface area contributed by atoms with Gasteiger partial charge in [0.2, 0.25) is 0 Å². The Morgan fingerprint density at radius 2 is 2.04 bits per heavy atom. The topological polar surface area (TPSA) is 67.0 Å². The lowest BCUT2D eigenvalue weighted by molar-refractivity contribution is -0.118. The van der Waals surface area contributed by atoms with Gasteiger partial charge >= 0.3 is 0 Å². The van der Waals surface area contributed by atoms with Gasteiger partial charge in [-0.3, -0.25) is 9.89 Å². The standard InChI is InChI=1S/C17H13Cl2N3O2/c18-12-4-5-16(14(19)9-12)24-10-17(23)21-13-3-1-2-11(8-13)15-6-7-20-22-15/h1-9H,10H2,(H,20,22)(H,21,23). The van der Waals surface area contributed by atoms with Gasteiger partial charge in [0.1, 0.15) is 5.75 Å². The summed E-state index contributed by atoms with van der Waals surface area (Å²) >= 11 is 11.8. The van der Waals surface area contributed by atoms with Crippen molar-refractivity contribution in [2.24, 2.45) is 0 Å². The number of halogens is 2. The van der Waals surface area contributed by atoms with Gasteiger partial charge in [-0.1, -0.05) is 35.3 Å². The minimum absolute atomic E-state index is 0.157. The van der Waals surface area contributed by atoms with Gasteiger partial charge in [-0.15, -0.1) is 0 Å². The summed E-state index contributed by atoms with van der Waals surface area (Å²) in [6.45, 7) is -0.157. The van der Waals surface area contributed by atoms with Crippen LogP contribution in [0, 0.1) is 0 Å². The average Bonchev–Trinajstić information content (AvgIpc) is 3.09. The smallest absolute Gasteiger partial charge is 0.262 e. The van der Waals surface area contributed by atoms with Gasteiger partial charge in [0.05, 0.1) is 10.7 Å². The van der Waals surface area contributed by atoms with Gasteiger partial charge in [0.25, 0.3) is 5.91 Å². The quantitative estimate of drug-likeness (QED) is 0.707. The van der Waals surface area contributed by atoms with Gasteiger partial charge in [0, 0.05) is 22.5 Å². The maximum Gasteiger partial charge on any atom is 0.262 e. The highest BCUT2D eigenvalue weighted by Crippen LogP contribution is 2.27. The second-order valence-electron chi connectivity index (χ2n) is 4.96. The molecule has 3 rings (SSSR count). The number of amides is 1. The molecule has 0 radical (unpaired) electrons. The van der Waals surface area contributed by atoms with Crippen molar-refractivity contribution < 1.29 is 9.53 Å². The first-order chi connectivity index (χ1) is 11.6. The lowest BCUT2D eigenvalue weighted by Crippen LogP contribution is -2.20. The number of benzene rings is 2. The molecular formula is C17H13Cl2N3O2. The van der Waals surface area contributed by atoms with E-state index in [0.717, 1.165) is 11.3 Å². The van der Waals surface area contributed by atoms with E-state index in [1.54, 1.807) is 30.5 Å². The number of carbonyl (C=O) groups is 1. The highest BCUT2D eigenvalue weighted by molar-refractivity contribution is 6.35. The second-order valence-corrected chi connectivity index (χ2v) is 5.81. The summed E-state index contributed by atoms with van der Waals surface area (Å²) in [4.78, 5) is 12.0. The molecule has 0 aliphatic rings. The third-order valence-electron chi connectivity index (χ3n) is 3.21. The number of H-pyrrole nitrogens is 1. The third-order valence-corrected chi connectivity index (χ3v) is 3.74. The highest BCUT2D eigenvalue weighted by atomic mass is 35.5. The van der Waals surface area contributed by atoms with Crippen molar-refractivity contribution in [2.75, 3.05) is 11.9 Å². The highest BCUT2D eigenvalue weighted by Gasteiger charge is 2.08. The van der Waals surface area contributed by atoms with E-state index in [0.29, 0.717) is 21.5 Å². The first kappa shape index (κ1) is 16.4. The van der Waals surface area contributed by atoms with Gasteiger partial charge in [-0.2, -0.15) is 5.10 Å². The summed E-state index contributed by atoms with van der Waals surface area (Å²) in [6, 6.07) is 14.1. The largest absolute Gasteiger partial charge is 0.482 e. The van der Waals surface area contributed by atoms with Crippen molar-refractivity contribution >= 4 is 34.8 Å². The number of nitrogens with one attached hydrogen (secondary N) is 2. The van der Waals surface area contributed by atoms with E-state index in [9.17, 15) is 4.79 Å². The summed E-state index contributed by atoms with van der Waals surface area (Å²) in [7, 11) is 0. The number of nitrogens with zero attached hydrogens (tertiary/aromatic N) is 1. The summed E-state index contributed by atoms with van der Waals surface area (Å²) in [6.07, 6.45) is 1.67. The molecule has 0 fully saturated rings. The normalized spacial score (nSPS) is 10.4. The maximum atomic E-state index is 12.0. The van der Waals surface area contributed by atoms with E-state index in [-0.39, 0.29) is 12.5 Å². The molecular weight excluding hydrogens is 349 g/mol. The van der Waals surface area contributed by atoms with Crippen LogP contribution in [0.2, 0.25) is 10.0 Å². The zero-order valence-electron chi connectivity index (χ0n) is 12.4. The van der Waals surface area contributed by atoms with Crippen LogP contribution in [0.1, 0.15) is 0 Å². The zero-order chi connectivity index (χ0) is 16.9. The van der Waals surface area contributed by atoms with Crippen molar-refractivity contribution in [3.8, 4) is 17.0 Å². The Hall–Kier alpha value is -2.50. The second kappa shape index (κ2) is 7.38. The Labute approximate surface area is 148 Å². The van der Waals surface area contributed by atoms with E-state index < -0.39 is 0 Å². The first-order valence-electron chi connectivity index (χ1n) is 7.09. The van der Waals surface area contributed by atoms with Crippen LogP contribution >= 0.6 is 23.2 Å². The van der Waals surface area contributed by atoms with E-state index in [2.05, 4.69) is 15.5 Å². The van der Waals surface area contributed by atoms with E-state index >= 15 is 0 Å². The minimum Gasteiger partial charge on any atom is -0.482 e. The number of aromatic nitrogens is 2. The zero-order valence-corrected chi connectivity index (χ0v) is 13.9. The molecule has 7 heteroatoms. The summed E-state index contributed by atoms with van der Waals surface area (Å²) in [5.41, 5.74) is 2.46. The Morgan fingerprint density at radius 3 is 2.79 bits per heavy atom. The van der Waals surface area contributed by atoms with Crippen molar-refractivity contribution in [2.45, 2.75) is 0 Å². The van der Waals surface area contributed by atoms with Crippen LogP contribution < -0.4 is 10.1 Å². The number of rotatable bonds is 5. The number of hydrogen-bond acceptors (Lipinski definition) is 3. The van der Waals surface area contributed by atoms with Crippen molar-refractivity contribution in [3.63, 3.8) is 0 Å². The van der Waals surface area contributed by atoms with E-state index in [4.69, 9.17) is 27.9 Å². The molecule has 0 bridgehead atoms. The fraction of sp³-hybridized carbons (Fsp3) is 0.0588. The molecule has 1 amide bonds. The molecule has 0 unspecified atom stereocenters. The Morgan fingerprint density at radius 1 is 1.17 bits per heavy atom. The van der Waals surface area contributed by atoms with Crippen LogP contribution in [-0.4, -0.2) is 22.7 Å². The Balaban J connectivity index is 1.62. The summed E-state index contributed by atoms with van der Waals surface area (Å²) < 4.78 is 5.41. The number of ether oxygens (including phenoxy) is 1. The molecule has 0 atom stereocenters. The Kier molecular flexibility index (Phi) is 5.03. The molecule has 0 spiro atoms. The predicted octanol–water partition coefficient (Wildman–Crippen LogP) is 4.40. The molecule has 3 aromatic rings. The molecule has 24 heavy (non-hydrogen) atoms. The molecule has 2 aromatic carbocycles. The van der Waals surface area contributed by atoms with Crippen LogP contribution in [0.15, 0.2) is 54.7 Å². The van der Waals surface area contributed by atoms with Gasteiger partial charge in [-0.05, 0) is 36.4 Å². The number of aromatic amines is 1. The predicted molar refractivity (Wildman–Crippen MR) is 94.6 cm³/mol. The van der Waals surface area contributed by atoms with Gasteiger partial charge in [-0.25, -0.2) is 0 Å². The van der Waals surface area contributed by atoms with Crippen LogP contribution in [-0.2, 0) is 4.79 Å². The van der Waals surface area contributed by atoms with Crippen LogP contribution in [0.5, 0.6) is 5.75 Å². The van der Waals surface area contributed by atoms with Gasteiger partial charge in [0.15, 0.2) is 6.61 Å². The molecule has 1 heterocycles. The fourth-order valence-electron chi connectivity index (χ4n) is 2.11. The maximum absolute atomic E-state index is 12.0. The number of carbonyl (C=O) groups excluding carboxylic acids is 1. The average molecular weight is 362 g/mol. The third kappa shape index (κ3) is 4.07. The number of hydrogen-bond donors (Lipinski definition) is 2. The molecule has 1 aromatic heterocycles. The fourth-order valence-corrected chi connectivity index (χ4v) is 2.58.